The minimum atomic E-state index is -1.12. The molecule has 5 rings (SSSR count). The molecule has 0 aromatic heterocycles. The molecule has 0 aliphatic carbocycles. The van der Waals surface area contributed by atoms with Crippen LogP contribution in [0.4, 0.5) is 11.4 Å². The quantitative estimate of drug-likeness (QED) is 0.437. The molecule has 8 heteroatoms. The van der Waals surface area contributed by atoms with Gasteiger partial charge in [-0.15, -0.1) is 0 Å². The second-order valence-corrected chi connectivity index (χ2v) is 9.91. The number of thiocarbonyl (C=S) groups is 1. The zero-order chi connectivity index (χ0) is 24.9. The number of benzene rings is 3. The van der Waals surface area contributed by atoms with Crippen LogP contribution in [-0.2, 0) is 4.79 Å². The van der Waals surface area contributed by atoms with Gasteiger partial charge in [0.25, 0.3) is 0 Å². The summed E-state index contributed by atoms with van der Waals surface area (Å²) in [6, 6.07) is 18.5. The SMILES string of the molecule is COc1ccc2c(c1)C1NC(=S)N(c3cccc(Cl)c3)[C@](C)(O2)C1C(=O)Nc1ccc(C)cc1C. The van der Waals surface area contributed by atoms with E-state index >= 15 is 0 Å². The van der Waals surface area contributed by atoms with E-state index in [2.05, 4.69) is 10.6 Å². The second-order valence-electron chi connectivity index (χ2n) is 9.09. The Morgan fingerprint density at radius 1 is 1.17 bits per heavy atom. The number of nitrogens with zero attached hydrogens (tertiary/aromatic N) is 1. The molecule has 0 radical (unpaired) electrons. The van der Waals surface area contributed by atoms with Crippen LogP contribution in [0.25, 0.3) is 0 Å². The Balaban J connectivity index is 1.64. The lowest BCUT2D eigenvalue weighted by Gasteiger charge is -2.56. The predicted octanol–water partition coefficient (Wildman–Crippen LogP) is 5.76. The van der Waals surface area contributed by atoms with E-state index in [9.17, 15) is 4.79 Å². The van der Waals surface area contributed by atoms with Crippen LogP contribution in [-0.4, -0.2) is 23.9 Å². The van der Waals surface area contributed by atoms with Crippen LogP contribution < -0.4 is 25.0 Å². The molecule has 2 aliphatic heterocycles. The highest BCUT2D eigenvalue weighted by molar-refractivity contribution is 7.80. The largest absolute Gasteiger partial charge is 0.497 e. The van der Waals surface area contributed by atoms with Gasteiger partial charge in [-0.3, -0.25) is 9.69 Å². The van der Waals surface area contributed by atoms with E-state index < -0.39 is 17.7 Å². The number of amides is 1. The molecule has 1 fully saturated rings. The van der Waals surface area contributed by atoms with Gasteiger partial charge in [0.15, 0.2) is 10.8 Å². The maximum Gasteiger partial charge on any atom is 0.236 e. The molecule has 1 saturated heterocycles. The van der Waals surface area contributed by atoms with Gasteiger partial charge in [0.05, 0.1) is 13.2 Å². The van der Waals surface area contributed by atoms with Gasteiger partial charge in [-0.25, -0.2) is 0 Å². The average molecular weight is 508 g/mol. The average Bonchev–Trinajstić information content (AvgIpc) is 2.80. The summed E-state index contributed by atoms with van der Waals surface area (Å²) < 4.78 is 12.1. The van der Waals surface area contributed by atoms with Gasteiger partial charge >= 0.3 is 0 Å². The maximum atomic E-state index is 14.0. The summed E-state index contributed by atoms with van der Waals surface area (Å²) in [7, 11) is 1.61. The van der Waals surface area contributed by atoms with E-state index in [0.29, 0.717) is 21.6 Å². The first-order valence-electron chi connectivity index (χ1n) is 11.3. The van der Waals surface area contributed by atoms with Crippen molar-refractivity contribution in [2.75, 3.05) is 17.3 Å². The number of carbonyl (C=O) groups is 1. The van der Waals surface area contributed by atoms with Crippen molar-refractivity contribution in [2.45, 2.75) is 32.5 Å². The van der Waals surface area contributed by atoms with Gasteiger partial charge in [0, 0.05) is 22.0 Å². The Labute approximate surface area is 215 Å². The number of fused-ring (bicyclic) bond motifs is 4. The molecular weight excluding hydrogens is 482 g/mol. The highest BCUT2D eigenvalue weighted by Crippen LogP contribution is 2.50. The molecule has 2 aliphatic rings. The molecule has 2 bridgehead atoms. The third-order valence-electron chi connectivity index (χ3n) is 6.69. The molecule has 0 spiro atoms. The van der Waals surface area contributed by atoms with Crippen LogP contribution >= 0.6 is 23.8 Å². The lowest BCUT2D eigenvalue weighted by Crippen LogP contribution is -2.72. The molecular formula is C27H26ClN3O3S. The van der Waals surface area contributed by atoms with Crippen molar-refractivity contribution >= 4 is 46.2 Å². The maximum absolute atomic E-state index is 14.0. The number of ether oxygens (including phenoxy) is 2. The van der Waals surface area contributed by atoms with Crippen LogP contribution in [0.5, 0.6) is 11.5 Å². The van der Waals surface area contributed by atoms with Gasteiger partial charge in [-0.05, 0) is 81.0 Å². The fraction of sp³-hybridized carbons (Fsp3) is 0.259. The van der Waals surface area contributed by atoms with Gasteiger partial charge in [-0.1, -0.05) is 35.4 Å². The topological polar surface area (TPSA) is 62.8 Å². The monoisotopic (exact) mass is 507 g/mol. The van der Waals surface area contributed by atoms with Gasteiger partial charge < -0.3 is 20.1 Å². The van der Waals surface area contributed by atoms with Crippen LogP contribution in [0, 0.1) is 19.8 Å². The fourth-order valence-corrected chi connectivity index (χ4v) is 5.66. The molecule has 3 aromatic rings. The summed E-state index contributed by atoms with van der Waals surface area (Å²) in [5.41, 5.74) is 3.30. The zero-order valence-corrected chi connectivity index (χ0v) is 21.5. The summed E-state index contributed by atoms with van der Waals surface area (Å²) >= 11 is 12.1. The number of carbonyl (C=O) groups excluding carboxylic acids is 1. The minimum absolute atomic E-state index is 0.181. The molecule has 1 amide bonds. The highest BCUT2D eigenvalue weighted by Gasteiger charge is 2.59. The van der Waals surface area contributed by atoms with Gasteiger partial charge in [-0.2, -0.15) is 0 Å². The number of anilines is 2. The third kappa shape index (κ3) is 3.98. The number of halogens is 1. The summed E-state index contributed by atoms with van der Waals surface area (Å²) in [4.78, 5) is 15.8. The van der Waals surface area contributed by atoms with Crippen molar-refractivity contribution in [2.24, 2.45) is 5.92 Å². The lowest BCUT2D eigenvalue weighted by atomic mass is 9.78. The number of methoxy groups -OCH3 is 1. The first-order chi connectivity index (χ1) is 16.7. The number of rotatable bonds is 4. The fourth-order valence-electron chi connectivity index (χ4n) is 5.06. The van der Waals surface area contributed by atoms with Crippen molar-refractivity contribution in [1.82, 2.24) is 5.32 Å². The van der Waals surface area contributed by atoms with Crippen molar-refractivity contribution < 1.29 is 14.3 Å². The third-order valence-corrected chi connectivity index (χ3v) is 7.23. The highest BCUT2D eigenvalue weighted by atomic mass is 35.5. The van der Waals surface area contributed by atoms with Crippen molar-refractivity contribution in [1.29, 1.82) is 0 Å². The van der Waals surface area contributed by atoms with Crippen molar-refractivity contribution in [3.8, 4) is 11.5 Å². The van der Waals surface area contributed by atoms with E-state index in [-0.39, 0.29) is 5.91 Å². The Morgan fingerprint density at radius 3 is 2.69 bits per heavy atom. The Hall–Kier alpha value is -3.29. The van der Waals surface area contributed by atoms with Crippen molar-refractivity contribution in [3.05, 3.63) is 82.4 Å². The molecule has 2 unspecified atom stereocenters. The van der Waals surface area contributed by atoms with E-state index in [4.69, 9.17) is 33.3 Å². The first kappa shape index (κ1) is 23.5. The molecule has 6 nitrogen and oxygen atoms in total. The molecule has 3 aromatic carbocycles. The number of hydrogen-bond acceptors (Lipinski definition) is 4. The van der Waals surface area contributed by atoms with E-state index in [1.165, 1.54) is 0 Å². The summed E-state index contributed by atoms with van der Waals surface area (Å²) in [5.74, 6) is 0.499. The number of aryl methyl sites for hydroxylation is 2. The van der Waals surface area contributed by atoms with E-state index in [1.54, 1.807) is 13.2 Å². The lowest BCUT2D eigenvalue weighted by molar-refractivity contribution is -0.130. The van der Waals surface area contributed by atoms with Gasteiger partial charge in [0.1, 0.15) is 17.4 Å². The Bertz CT molecular complexity index is 1350. The normalized spacial score (nSPS) is 22.5. The molecule has 2 heterocycles. The zero-order valence-electron chi connectivity index (χ0n) is 19.9. The van der Waals surface area contributed by atoms with Crippen molar-refractivity contribution in [3.63, 3.8) is 0 Å². The van der Waals surface area contributed by atoms with Crippen LogP contribution in [0.1, 0.15) is 29.7 Å². The Morgan fingerprint density at radius 2 is 1.97 bits per heavy atom. The molecule has 180 valence electrons. The second kappa shape index (κ2) is 8.73. The summed E-state index contributed by atoms with van der Waals surface area (Å²) in [5, 5.41) is 7.55. The standard InChI is InChI=1S/C27H26ClN3O3S/c1-15-8-10-21(16(2)12-15)29-25(32)23-24-20-14-19(33-4)9-11-22(20)34-27(23,3)31(26(35)30-24)18-7-5-6-17(28)13-18/h5-14,23-24H,1-4H3,(H,29,32)(H,30,35)/t23?,24?,27-/m1/s1. The van der Waals surface area contributed by atoms with Crippen LogP contribution in [0.3, 0.4) is 0 Å². The number of hydrogen-bond donors (Lipinski definition) is 2. The molecule has 3 atom stereocenters. The predicted molar refractivity (Wildman–Crippen MR) is 142 cm³/mol. The molecule has 35 heavy (non-hydrogen) atoms. The molecule has 0 saturated carbocycles. The first-order valence-corrected chi connectivity index (χ1v) is 12.1. The molecule has 2 N–H and O–H groups in total. The van der Waals surface area contributed by atoms with E-state index in [0.717, 1.165) is 28.1 Å². The minimum Gasteiger partial charge on any atom is -0.497 e. The van der Waals surface area contributed by atoms with Crippen LogP contribution in [0.2, 0.25) is 5.02 Å². The summed E-state index contributed by atoms with van der Waals surface area (Å²) in [6.07, 6.45) is 0. The van der Waals surface area contributed by atoms with Crippen LogP contribution in [0.15, 0.2) is 60.7 Å². The summed E-state index contributed by atoms with van der Waals surface area (Å²) in [6.45, 7) is 5.90. The Kier molecular flexibility index (Phi) is 5.85. The van der Waals surface area contributed by atoms with E-state index in [1.807, 2.05) is 80.3 Å². The number of nitrogens with one attached hydrogen (secondary N) is 2. The smallest absolute Gasteiger partial charge is 0.236 e. The van der Waals surface area contributed by atoms with Gasteiger partial charge in [0.2, 0.25) is 5.91 Å².